The lowest BCUT2D eigenvalue weighted by Gasteiger charge is -2.32. The van der Waals surface area contributed by atoms with Gasteiger partial charge in [-0.2, -0.15) is 5.26 Å². The van der Waals surface area contributed by atoms with Gasteiger partial charge >= 0.3 is 12.2 Å². The molecule has 0 N–H and O–H groups in total. The minimum atomic E-state index is -0.667. The largest absolute Gasteiger partial charge is 0.508 e. The van der Waals surface area contributed by atoms with E-state index in [-0.39, 0.29) is 18.8 Å². The third-order valence-corrected chi connectivity index (χ3v) is 5.57. The van der Waals surface area contributed by atoms with E-state index in [1.807, 2.05) is 30.3 Å². The van der Waals surface area contributed by atoms with Gasteiger partial charge in [0.1, 0.15) is 18.8 Å². The average Bonchev–Trinajstić information content (AvgIpc) is 3.18. The van der Waals surface area contributed by atoms with E-state index in [9.17, 15) is 9.59 Å². The van der Waals surface area contributed by atoms with Gasteiger partial charge in [0.25, 0.3) is 0 Å². The van der Waals surface area contributed by atoms with Crippen molar-refractivity contribution in [1.82, 2.24) is 4.90 Å². The van der Waals surface area contributed by atoms with Crippen LogP contribution in [0.5, 0.6) is 0 Å². The van der Waals surface area contributed by atoms with Crippen molar-refractivity contribution in [2.75, 3.05) is 31.1 Å². The summed E-state index contributed by atoms with van der Waals surface area (Å²) in [4.78, 5) is 28.1. The second-order valence-corrected chi connectivity index (χ2v) is 7.94. The first-order chi connectivity index (χ1) is 15.6. The molecule has 8 nitrogen and oxygen atoms in total. The molecule has 0 radical (unpaired) electrons. The van der Waals surface area contributed by atoms with Crippen molar-refractivity contribution in [2.45, 2.75) is 31.7 Å². The van der Waals surface area contributed by atoms with Crippen LogP contribution in [0.2, 0.25) is 0 Å². The Bertz CT molecular complexity index is 973. The molecule has 2 fully saturated rings. The molecule has 0 saturated carbocycles. The summed E-state index contributed by atoms with van der Waals surface area (Å²) in [5, 5.41) is 8.93. The molecule has 0 aliphatic carbocycles. The summed E-state index contributed by atoms with van der Waals surface area (Å²) >= 11 is 0. The Morgan fingerprint density at radius 2 is 1.91 bits per heavy atom. The van der Waals surface area contributed by atoms with E-state index in [0.717, 1.165) is 24.9 Å². The number of hydrogen-bond donors (Lipinski definition) is 0. The van der Waals surface area contributed by atoms with Crippen molar-refractivity contribution in [3.63, 3.8) is 0 Å². The van der Waals surface area contributed by atoms with Crippen LogP contribution in [0.3, 0.4) is 0 Å². The van der Waals surface area contributed by atoms with Crippen LogP contribution in [0.1, 0.15) is 24.0 Å². The van der Waals surface area contributed by atoms with E-state index < -0.39 is 12.2 Å². The second kappa shape index (κ2) is 10.2. The molecule has 0 aromatic heterocycles. The highest BCUT2D eigenvalue weighted by atomic mass is 16.7. The fourth-order valence-electron chi connectivity index (χ4n) is 3.99. The molecular weight excluding hydrogens is 410 g/mol. The van der Waals surface area contributed by atoms with Crippen molar-refractivity contribution in [3.8, 4) is 6.07 Å². The highest BCUT2D eigenvalue weighted by molar-refractivity contribution is 5.89. The zero-order valence-electron chi connectivity index (χ0n) is 17.7. The zero-order chi connectivity index (χ0) is 22.3. The molecule has 2 unspecified atom stereocenters. The van der Waals surface area contributed by atoms with Crippen LogP contribution in [0.15, 0.2) is 54.6 Å². The average molecular weight is 435 g/mol. The van der Waals surface area contributed by atoms with Crippen molar-refractivity contribution in [3.05, 3.63) is 65.7 Å². The van der Waals surface area contributed by atoms with Crippen LogP contribution in [-0.2, 0) is 20.8 Å². The molecule has 0 spiro atoms. The summed E-state index contributed by atoms with van der Waals surface area (Å²) in [5.41, 5.74) is 2.15. The number of carbonyl (C=O) groups excluding carboxylic acids is 2. The van der Waals surface area contributed by atoms with Crippen LogP contribution in [0.4, 0.5) is 15.3 Å². The Kier molecular flexibility index (Phi) is 6.87. The minimum absolute atomic E-state index is 0.180. The molecule has 2 atom stereocenters. The maximum atomic E-state index is 12.3. The molecule has 2 aromatic carbocycles. The zero-order valence-corrected chi connectivity index (χ0v) is 17.7. The Morgan fingerprint density at radius 3 is 2.66 bits per heavy atom. The summed E-state index contributed by atoms with van der Waals surface area (Å²) in [5.74, 6) is 0. The molecule has 1 amide bonds. The smallest absolute Gasteiger partial charge is 0.443 e. The minimum Gasteiger partial charge on any atom is -0.443 e. The molecular formula is C24H25N3O5. The molecule has 2 saturated heterocycles. The van der Waals surface area contributed by atoms with Gasteiger partial charge in [0, 0.05) is 18.8 Å². The molecule has 2 aromatic rings. The Morgan fingerprint density at radius 1 is 1.12 bits per heavy atom. The Labute approximate surface area is 186 Å². The van der Waals surface area contributed by atoms with E-state index in [0.29, 0.717) is 30.9 Å². The number of cyclic esters (lactones) is 1. The lowest BCUT2D eigenvalue weighted by molar-refractivity contribution is -0.0137. The number of benzene rings is 2. The number of likely N-dealkylation sites (tertiary alicyclic amines) is 1. The van der Waals surface area contributed by atoms with E-state index in [1.54, 1.807) is 29.2 Å². The molecule has 2 aliphatic heterocycles. The molecule has 2 heterocycles. The van der Waals surface area contributed by atoms with E-state index in [2.05, 4.69) is 11.0 Å². The molecule has 8 heteroatoms. The SMILES string of the molecule is N#Cc1ccc(N2CC(CN3CCCC(OC(=O)OCc4ccccc4)C3)OC2=O)cc1. The second-order valence-electron chi connectivity index (χ2n) is 7.94. The maximum absolute atomic E-state index is 12.3. The van der Waals surface area contributed by atoms with Crippen LogP contribution >= 0.6 is 0 Å². The van der Waals surface area contributed by atoms with Gasteiger partial charge in [-0.1, -0.05) is 30.3 Å². The summed E-state index contributed by atoms with van der Waals surface area (Å²) in [6.07, 6.45) is 0.0738. The summed E-state index contributed by atoms with van der Waals surface area (Å²) < 4.78 is 16.3. The maximum Gasteiger partial charge on any atom is 0.508 e. The Balaban J connectivity index is 1.24. The van der Waals surface area contributed by atoms with Crippen molar-refractivity contribution < 1.29 is 23.8 Å². The van der Waals surface area contributed by atoms with Crippen molar-refractivity contribution in [2.24, 2.45) is 0 Å². The Hall–Kier alpha value is -3.57. The van der Waals surface area contributed by atoms with Gasteiger partial charge in [0.05, 0.1) is 18.2 Å². The fourth-order valence-corrected chi connectivity index (χ4v) is 3.99. The third-order valence-electron chi connectivity index (χ3n) is 5.57. The highest BCUT2D eigenvalue weighted by Crippen LogP contribution is 2.23. The fraction of sp³-hybridized carbons (Fsp3) is 0.375. The quantitative estimate of drug-likeness (QED) is 0.639. The lowest BCUT2D eigenvalue weighted by atomic mass is 10.1. The van der Waals surface area contributed by atoms with Gasteiger partial charge in [-0.25, -0.2) is 9.59 Å². The summed E-state index contributed by atoms with van der Waals surface area (Å²) in [6, 6.07) is 18.4. The summed E-state index contributed by atoms with van der Waals surface area (Å²) in [7, 11) is 0. The van der Waals surface area contributed by atoms with E-state index >= 15 is 0 Å². The number of anilines is 1. The van der Waals surface area contributed by atoms with Gasteiger partial charge in [-0.05, 0) is 49.2 Å². The number of ether oxygens (including phenoxy) is 3. The first kappa shape index (κ1) is 21.7. The number of nitriles is 1. The number of piperidine rings is 1. The predicted molar refractivity (Wildman–Crippen MR) is 116 cm³/mol. The number of rotatable bonds is 6. The van der Waals surface area contributed by atoms with Crippen LogP contribution in [0.25, 0.3) is 0 Å². The van der Waals surface area contributed by atoms with Crippen molar-refractivity contribution in [1.29, 1.82) is 5.26 Å². The standard InChI is InChI=1S/C24H25N3O5/c25-13-18-8-10-20(11-9-18)27-16-22(31-23(27)28)15-26-12-4-7-21(14-26)32-24(29)30-17-19-5-2-1-3-6-19/h1-3,5-6,8-11,21-22H,4,7,12,14-17H2. The van der Waals surface area contributed by atoms with Gasteiger partial charge in [0.2, 0.25) is 0 Å². The normalized spacial score (nSPS) is 21.0. The highest BCUT2D eigenvalue weighted by Gasteiger charge is 2.35. The molecule has 4 rings (SSSR count). The van der Waals surface area contributed by atoms with Crippen LogP contribution < -0.4 is 4.90 Å². The molecule has 2 aliphatic rings. The van der Waals surface area contributed by atoms with Gasteiger partial charge in [0.15, 0.2) is 0 Å². The number of carbonyl (C=O) groups is 2. The molecule has 0 bridgehead atoms. The monoisotopic (exact) mass is 435 g/mol. The molecule has 32 heavy (non-hydrogen) atoms. The lowest BCUT2D eigenvalue weighted by Crippen LogP contribution is -2.44. The van der Waals surface area contributed by atoms with Crippen LogP contribution in [-0.4, -0.2) is 55.5 Å². The van der Waals surface area contributed by atoms with E-state index in [1.165, 1.54) is 0 Å². The van der Waals surface area contributed by atoms with Gasteiger partial charge < -0.3 is 14.2 Å². The summed E-state index contributed by atoms with van der Waals surface area (Å²) in [6.45, 7) is 2.61. The third kappa shape index (κ3) is 5.56. The first-order valence-corrected chi connectivity index (χ1v) is 10.7. The van der Waals surface area contributed by atoms with Gasteiger partial charge in [-0.15, -0.1) is 0 Å². The predicted octanol–water partition coefficient (Wildman–Crippen LogP) is 3.70. The number of nitrogens with zero attached hydrogens (tertiary/aromatic N) is 3. The van der Waals surface area contributed by atoms with E-state index in [4.69, 9.17) is 19.5 Å². The molecule has 166 valence electrons. The van der Waals surface area contributed by atoms with Crippen LogP contribution in [0, 0.1) is 11.3 Å². The van der Waals surface area contributed by atoms with Crippen molar-refractivity contribution >= 4 is 17.9 Å². The van der Waals surface area contributed by atoms with Gasteiger partial charge in [-0.3, -0.25) is 9.80 Å². The first-order valence-electron chi connectivity index (χ1n) is 10.7. The topological polar surface area (TPSA) is 92.1 Å². The number of amides is 1. The number of hydrogen-bond acceptors (Lipinski definition) is 7.